The Labute approximate surface area is 124 Å². The Morgan fingerprint density at radius 3 is 2.55 bits per heavy atom. The van der Waals surface area contributed by atoms with E-state index in [1.807, 2.05) is 0 Å². The van der Waals surface area contributed by atoms with Crippen molar-refractivity contribution in [3.63, 3.8) is 0 Å². The second kappa shape index (κ2) is 9.15. The van der Waals surface area contributed by atoms with Crippen LogP contribution in [0.15, 0.2) is 18.2 Å². The summed E-state index contributed by atoms with van der Waals surface area (Å²) in [7, 11) is 1.59. The van der Waals surface area contributed by atoms with Gasteiger partial charge in [-0.05, 0) is 24.6 Å². The maximum Gasteiger partial charge on any atom is 0.138 e. The van der Waals surface area contributed by atoms with Crippen LogP contribution in [0.1, 0.15) is 18.6 Å². The lowest BCUT2D eigenvalue weighted by atomic mass is 10.1. The topological polar surface area (TPSA) is 68.2 Å². The van der Waals surface area contributed by atoms with Gasteiger partial charge in [-0.3, -0.25) is 0 Å². The lowest BCUT2D eigenvalue weighted by Gasteiger charge is -2.14. The number of benzene rings is 1. The van der Waals surface area contributed by atoms with Gasteiger partial charge in [0.05, 0.1) is 30.9 Å². The third kappa shape index (κ3) is 6.07. The lowest BCUT2D eigenvalue weighted by Crippen LogP contribution is -2.24. The van der Waals surface area contributed by atoms with Crippen LogP contribution < -0.4 is 4.74 Å². The molecule has 0 heterocycles. The standard InChI is InChI=1S/C14H21ClO5/c1-10(16)11-3-4-14(13(15)7-11)20-9-12(17)8-19-6-5-18-2/h3-4,7,10,12,16-17H,5-6,8-9H2,1-2H3. The Hall–Kier alpha value is -0.850. The van der Waals surface area contributed by atoms with Crippen molar-refractivity contribution in [1.29, 1.82) is 0 Å². The number of methoxy groups -OCH3 is 1. The first-order valence-corrected chi connectivity index (χ1v) is 6.77. The van der Waals surface area contributed by atoms with Gasteiger partial charge in [-0.2, -0.15) is 0 Å². The molecule has 0 saturated carbocycles. The average molecular weight is 305 g/mol. The smallest absolute Gasteiger partial charge is 0.138 e. The predicted octanol–water partition coefficient (Wildman–Crippen LogP) is 1.80. The maximum atomic E-state index is 9.67. The van der Waals surface area contributed by atoms with Crippen LogP contribution in [0.4, 0.5) is 0 Å². The molecule has 1 aromatic rings. The normalized spacial score (nSPS) is 14.1. The van der Waals surface area contributed by atoms with Gasteiger partial charge in [0, 0.05) is 7.11 Å². The summed E-state index contributed by atoms with van der Waals surface area (Å²) in [5.74, 6) is 0.465. The molecule has 0 radical (unpaired) electrons. The van der Waals surface area contributed by atoms with Crippen molar-refractivity contribution in [3.8, 4) is 5.75 Å². The van der Waals surface area contributed by atoms with Gasteiger partial charge in [0.15, 0.2) is 0 Å². The molecule has 0 saturated heterocycles. The van der Waals surface area contributed by atoms with Gasteiger partial charge < -0.3 is 24.4 Å². The predicted molar refractivity (Wildman–Crippen MR) is 76.3 cm³/mol. The van der Waals surface area contributed by atoms with Gasteiger partial charge in [-0.25, -0.2) is 0 Å². The Bertz CT molecular complexity index is 397. The Morgan fingerprint density at radius 1 is 1.20 bits per heavy atom. The molecule has 0 fully saturated rings. The summed E-state index contributed by atoms with van der Waals surface area (Å²) in [4.78, 5) is 0. The quantitative estimate of drug-likeness (QED) is 0.681. The van der Waals surface area contributed by atoms with Gasteiger partial charge >= 0.3 is 0 Å². The number of hydrogen-bond donors (Lipinski definition) is 2. The minimum atomic E-state index is -0.737. The molecule has 20 heavy (non-hydrogen) atoms. The number of rotatable bonds is 9. The molecule has 114 valence electrons. The molecule has 0 aliphatic heterocycles. The number of aliphatic hydroxyl groups excluding tert-OH is 2. The first-order valence-electron chi connectivity index (χ1n) is 6.39. The van der Waals surface area contributed by atoms with Crippen LogP contribution >= 0.6 is 11.6 Å². The van der Waals surface area contributed by atoms with Crippen LogP contribution in [-0.4, -0.2) is 49.9 Å². The molecule has 0 aliphatic carbocycles. The van der Waals surface area contributed by atoms with Crippen LogP contribution in [0, 0.1) is 0 Å². The van der Waals surface area contributed by atoms with E-state index in [1.165, 1.54) is 0 Å². The van der Waals surface area contributed by atoms with Gasteiger partial charge in [0.25, 0.3) is 0 Å². The molecule has 1 rings (SSSR count). The highest BCUT2D eigenvalue weighted by atomic mass is 35.5. The molecule has 0 aromatic heterocycles. The van der Waals surface area contributed by atoms with E-state index in [1.54, 1.807) is 32.2 Å². The summed E-state index contributed by atoms with van der Waals surface area (Å²) in [5.41, 5.74) is 0.714. The minimum absolute atomic E-state index is 0.0841. The Balaban J connectivity index is 2.37. The monoisotopic (exact) mass is 304 g/mol. The molecule has 1 aromatic carbocycles. The van der Waals surface area contributed by atoms with Gasteiger partial charge in [0.2, 0.25) is 0 Å². The highest BCUT2D eigenvalue weighted by Crippen LogP contribution is 2.27. The number of halogens is 1. The molecule has 0 bridgehead atoms. The third-order valence-electron chi connectivity index (χ3n) is 2.61. The summed E-state index contributed by atoms with van der Waals surface area (Å²) in [6.45, 7) is 2.83. The van der Waals surface area contributed by atoms with Crippen molar-refractivity contribution >= 4 is 11.6 Å². The fourth-order valence-corrected chi connectivity index (χ4v) is 1.73. The summed E-state index contributed by atoms with van der Waals surface area (Å²) in [6, 6.07) is 5.04. The summed E-state index contributed by atoms with van der Waals surface area (Å²) in [6.07, 6.45) is -1.32. The van der Waals surface area contributed by atoms with E-state index in [4.69, 9.17) is 25.8 Å². The third-order valence-corrected chi connectivity index (χ3v) is 2.91. The SMILES string of the molecule is COCCOCC(O)COc1ccc(C(C)O)cc1Cl. The first-order chi connectivity index (χ1) is 9.54. The molecule has 2 unspecified atom stereocenters. The highest BCUT2D eigenvalue weighted by Gasteiger charge is 2.09. The van der Waals surface area contributed by atoms with E-state index in [9.17, 15) is 10.2 Å². The molecule has 5 nitrogen and oxygen atoms in total. The van der Waals surface area contributed by atoms with E-state index in [0.29, 0.717) is 29.5 Å². The zero-order chi connectivity index (χ0) is 15.0. The van der Waals surface area contributed by atoms with E-state index in [0.717, 1.165) is 0 Å². The van der Waals surface area contributed by atoms with Crippen LogP contribution in [-0.2, 0) is 9.47 Å². The Morgan fingerprint density at radius 2 is 1.95 bits per heavy atom. The van der Waals surface area contributed by atoms with Crippen molar-refractivity contribution in [1.82, 2.24) is 0 Å². The summed E-state index contributed by atoms with van der Waals surface area (Å²) < 4.78 is 15.4. The second-order valence-corrected chi connectivity index (χ2v) is 4.81. The summed E-state index contributed by atoms with van der Waals surface area (Å²) in [5, 5.41) is 19.5. The zero-order valence-electron chi connectivity index (χ0n) is 11.7. The summed E-state index contributed by atoms with van der Waals surface area (Å²) >= 11 is 6.04. The number of ether oxygens (including phenoxy) is 3. The van der Waals surface area contributed by atoms with Gasteiger partial charge in [-0.1, -0.05) is 17.7 Å². The van der Waals surface area contributed by atoms with Crippen molar-refractivity contribution in [3.05, 3.63) is 28.8 Å². The fourth-order valence-electron chi connectivity index (χ4n) is 1.49. The molecular weight excluding hydrogens is 284 g/mol. The molecular formula is C14H21ClO5. The number of hydrogen-bond acceptors (Lipinski definition) is 5. The molecule has 2 N–H and O–H groups in total. The van der Waals surface area contributed by atoms with Crippen LogP contribution in [0.5, 0.6) is 5.75 Å². The fraction of sp³-hybridized carbons (Fsp3) is 0.571. The average Bonchev–Trinajstić information content (AvgIpc) is 2.42. The van der Waals surface area contributed by atoms with E-state index in [2.05, 4.69) is 0 Å². The molecule has 6 heteroatoms. The van der Waals surface area contributed by atoms with E-state index < -0.39 is 12.2 Å². The maximum absolute atomic E-state index is 9.67. The van der Waals surface area contributed by atoms with Crippen LogP contribution in [0.3, 0.4) is 0 Å². The largest absolute Gasteiger partial charge is 0.489 e. The first kappa shape index (κ1) is 17.2. The van der Waals surface area contributed by atoms with Crippen molar-refractivity contribution in [2.75, 3.05) is 33.5 Å². The second-order valence-electron chi connectivity index (χ2n) is 4.40. The van der Waals surface area contributed by atoms with Crippen molar-refractivity contribution in [2.45, 2.75) is 19.1 Å². The molecule has 0 amide bonds. The lowest BCUT2D eigenvalue weighted by molar-refractivity contribution is -0.00418. The zero-order valence-corrected chi connectivity index (χ0v) is 12.5. The van der Waals surface area contributed by atoms with Crippen LogP contribution in [0.2, 0.25) is 5.02 Å². The van der Waals surface area contributed by atoms with Gasteiger partial charge in [0.1, 0.15) is 18.5 Å². The molecule has 0 aliphatic rings. The van der Waals surface area contributed by atoms with Gasteiger partial charge in [-0.15, -0.1) is 0 Å². The Kier molecular flexibility index (Phi) is 7.87. The van der Waals surface area contributed by atoms with Crippen LogP contribution in [0.25, 0.3) is 0 Å². The highest BCUT2D eigenvalue weighted by molar-refractivity contribution is 6.32. The van der Waals surface area contributed by atoms with Crippen molar-refractivity contribution < 1.29 is 24.4 Å². The van der Waals surface area contributed by atoms with E-state index >= 15 is 0 Å². The van der Waals surface area contributed by atoms with E-state index in [-0.39, 0.29) is 13.2 Å². The minimum Gasteiger partial charge on any atom is -0.489 e. The molecule has 2 atom stereocenters. The number of aliphatic hydroxyl groups is 2. The molecule has 0 spiro atoms. The van der Waals surface area contributed by atoms with Crippen molar-refractivity contribution in [2.24, 2.45) is 0 Å².